The summed E-state index contributed by atoms with van der Waals surface area (Å²) in [5.41, 5.74) is 0.982. The molecule has 0 aromatic heterocycles. The summed E-state index contributed by atoms with van der Waals surface area (Å²) in [6.07, 6.45) is 3.46. The lowest BCUT2D eigenvalue weighted by molar-refractivity contribution is -0.131. The summed E-state index contributed by atoms with van der Waals surface area (Å²) >= 11 is 6.13. The largest absolute Gasteiger partial charge is 0.454 e. The molecule has 114 valence electrons. The van der Waals surface area contributed by atoms with Crippen LogP contribution in [0.25, 0.3) is 0 Å². The van der Waals surface area contributed by atoms with E-state index in [1.165, 1.54) is 6.42 Å². The Morgan fingerprint density at radius 1 is 1.24 bits per heavy atom. The van der Waals surface area contributed by atoms with Gasteiger partial charge in [-0.05, 0) is 37.0 Å². The third-order valence-corrected chi connectivity index (χ3v) is 4.08. The maximum absolute atomic E-state index is 12.0. The van der Waals surface area contributed by atoms with Crippen LogP contribution in [0.4, 0.5) is 0 Å². The first kappa shape index (κ1) is 14.5. The predicted molar refractivity (Wildman–Crippen MR) is 79.7 cm³/mol. The average molecular weight is 311 g/mol. The molecule has 3 rings (SSSR count). The maximum Gasteiger partial charge on any atom is 0.236 e. The van der Waals surface area contributed by atoms with Crippen LogP contribution in [0.2, 0.25) is 5.02 Å². The predicted octanol–water partition coefficient (Wildman–Crippen LogP) is 2.17. The zero-order chi connectivity index (χ0) is 14.7. The normalized spacial score (nSPS) is 17.1. The molecule has 0 spiro atoms. The number of hydrogen-bond acceptors (Lipinski definition) is 4. The molecule has 1 fully saturated rings. The van der Waals surface area contributed by atoms with E-state index < -0.39 is 0 Å². The molecule has 1 amide bonds. The van der Waals surface area contributed by atoms with Crippen molar-refractivity contribution in [1.29, 1.82) is 0 Å². The fraction of sp³-hybridized carbons (Fsp3) is 0.533. The number of piperidine rings is 1. The zero-order valence-corrected chi connectivity index (χ0v) is 12.6. The molecule has 0 atom stereocenters. The third kappa shape index (κ3) is 3.41. The van der Waals surface area contributed by atoms with Gasteiger partial charge < -0.3 is 19.7 Å². The average Bonchev–Trinajstić information content (AvgIpc) is 2.97. The van der Waals surface area contributed by atoms with Crippen LogP contribution >= 0.6 is 11.6 Å². The Labute approximate surface area is 129 Å². The standard InChI is InChI=1S/C15H19ClN2O3/c16-12-6-11(7-13-15(12)21-10-20-13)8-17-9-14(19)18-4-2-1-3-5-18/h6-7,17H,1-5,8-10H2. The van der Waals surface area contributed by atoms with E-state index in [9.17, 15) is 4.79 Å². The molecule has 1 saturated heterocycles. The van der Waals surface area contributed by atoms with Crippen LogP contribution in [0.3, 0.4) is 0 Å². The van der Waals surface area contributed by atoms with E-state index in [0.29, 0.717) is 29.6 Å². The van der Waals surface area contributed by atoms with E-state index in [0.717, 1.165) is 31.5 Å². The van der Waals surface area contributed by atoms with E-state index in [4.69, 9.17) is 21.1 Å². The minimum absolute atomic E-state index is 0.168. The smallest absolute Gasteiger partial charge is 0.236 e. The number of ether oxygens (including phenoxy) is 2. The molecule has 1 aromatic carbocycles. The highest BCUT2D eigenvalue weighted by molar-refractivity contribution is 6.32. The molecule has 5 nitrogen and oxygen atoms in total. The molecule has 2 aliphatic heterocycles. The Morgan fingerprint density at radius 2 is 2.05 bits per heavy atom. The van der Waals surface area contributed by atoms with Gasteiger partial charge in [0.05, 0.1) is 11.6 Å². The fourth-order valence-electron chi connectivity index (χ4n) is 2.69. The number of benzene rings is 1. The second-order valence-electron chi connectivity index (χ2n) is 5.36. The van der Waals surface area contributed by atoms with Gasteiger partial charge in [-0.15, -0.1) is 0 Å². The fourth-order valence-corrected chi connectivity index (χ4v) is 2.98. The first-order valence-electron chi connectivity index (χ1n) is 7.30. The van der Waals surface area contributed by atoms with Crippen LogP contribution in [0.5, 0.6) is 11.5 Å². The summed E-state index contributed by atoms with van der Waals surface area (Å²) in [5.74, 6) is 1.44. The number of amides is 1. The van der Waals surface area contributed by atoms with Crippen LogP contribution in [0, 0.1) is 0 Å². The van der Waals surface area contributed by atoms with Gasteiger partial charge >= 0.3 is 0 Å². The van der Waals surface area contributed by atoms with Crippen LogP contribution in [0.15, 0.2) is 12.1 Å². The summed E-state index contributed by atoms with van der Waals surface area (Å²) in [6.45, 7) is 2.91. The maximum atomic E-state index is 12.0. The Balaban J connectivity index is 1.51. The van der Waals surface area contributed by atoms with E-state index in [1.54, 1.807) is 0 Å². The van der Waals surface area contributed by atoms with Crippen molar-refractivity contribution in [2.75, 3.05) is 26.4 Å². The van der Waals surface area contributed by atoms with E-state index in [-0.39, 0.29) is 12.7 Å². The minimum Gasteiger partial charge on any atom is -0.454 e. The molecule has 0 radical (unpaired) electrons. The van der Waals surface area contributed by atoms with Crippen LogP contribution in [-0.4, -0.2) is 37.2 Å². The van der Waals surface area contributed by atoms with Crippen molar-refractivity contribution in [3.05, 3.63) is 22.7 Å². The lowest BCUT2D eigenvalue weighted by atomic mass is 10.1. The molecular formula is C15H19ClN2O3. The van der Waals surface area contributed by atoms with Crippen molar-refractivity contribution in [3.8, 4) is 11.5 Å². The first-order chi connectivity index (χ1) is 10.2. The van der Waals surface area contributed by atoms with Gasteiger partial charge in [0.25, 0.3) is 0 Å². The van der Waals surface area contributed by atoms with E-state index in [2.05, 4.69) is 5.32 Å². The summed E-state index contributed by atoms with van der Waals surface area (Å²) in [5, 5.41) is 3.72. The van der Waals surface area contributed by atoms with Gasteiger partial charge in [-0.3, -0.25) is 4.79 Å². The van der Waals surface area contributed by atoms with Gasteiger partial charge in [-0.25, -0.2) is 0 Å². The van der Waals surface area contributed by atoms with Gasteiger partial charge in [-0.1, -0.05) is 11.6 Å². The molecular weight excluding hydrogens is 292 g/mol. The lowest BCUT2D eigenvalue weighted by Crippen LogP contribution is -2.40. The summed E-state index contributed by atoms with van der Waals surface area (Å²) < 4.78 is 10.6. The molecule has 21 heavy (non-hydrogen) atoms. The number of carbonyl (C=O) groups excluding carboxylic acids is 1. The second-order valence-corrected chi connectivity index (χ2v) is 5.76. The SMILES string of the molecule is O=C(CNCc1cc(Cl)c2c(c1)OCO2)N1CCCCC1. The molecule has 0 unspecified atom stereocenters. The number of carbonyl (C=O) groups is 1. The highest BCUT2D eigenvalue weighted by atomic mass is 35.5. The number of fused-ring (bicyclic) bond motifs is 1. The molecule has 0 bridgehead atoms. The Kier molecular flexibility index (Phi) is 4.51. The van der Waals surface area contributed by atoms with Crippen molar-refractivity contribution in [2.24, 2.45) is 0 Å². The Bertz CT molecular complexity index is 530. The summed E-state index contributed by atoms with van der Waals surface area (Å²) in [7, 11) is 0. The van der Waals surface area contributed by atoms with E-state index >= 15 is 0 Å². The molecule has 1 aromatic rings. The minimum atomic E-state index is 0.168. The van der Waals surface area contributed by atoms with Gasteiger partial charge in [0, 0.05) is 19.6 Å². The van der Waals surface area contributed by atoms with Gasteiger partial charge in [0.15, 0.2) is 11.5 Å². The third-order valence-electron chi connectivity index (χ3n) is 3.80. The number of nitrogens with one attached hydrogen (secondary N) is 1. The van der Waals surface area contributed by atoms with Crippen LogP contribution < -0.4 is 14.8 Å². The Hall–Kier alpha value is -1.46. The quantitative estimate of drug-likeness (QED) is 0.926. The second kappa shape index (κ2) is 6.54. The van der Waals surface area contributed by atoms with Crippen LogP contribution in [0.1, 0.15) is 24.8 Å². The molecule has 0 saturated carbocycles. The van der Waals surface area contributed by atoms with Crippen molar-refractivity contribution in [2.45, 2.75) is 25.8 Å². The highest BCUT2D eigenvalue weighted by Gasteiger charge is 2.19. The number of halogens is 1. The molecule has 2 heterocycles. The molecule has 6 heteroatoms. The van der Waals surface area contributed by atoms with E-state index in [1.807, 2.05) is 17.0 Å². The van der Waals surface area contributed by atoms with Gasteiger partial charge in [0.2, 0.25) is 12.7 Å². The van der Waals surface area contributed by atoms with Crippen molar-refractivity contribution < 1.29 is 14.3 Å². The number of nitrogens with zero attached hydrogens (tertiary/aromatic N) is 1. The number of hydrogen-bond donors (Lipinski definition) is 1. The van der Waals surface area contributed by atoms with Gasteiger partial charge in [0.1, 0.15) is 0 Å². The molecule has 1 N–H and O–H groups in total. The monoisotopic (exact) mass is 310 g/mol. The van der Waals surface area contributed by atoms with Crippen molar-refractivity contribution >= 4 is 17.5 Å². The Morgan fingerprint density at radius 3 is 2.86 bits per heavy atom. The number of rotatable bonds is 4. The molecule has 0 aliphatic carbocycles. The lowest BCUT2D eigenvalue weighted by Gasteiger charge is -2.26. The zero-order valence-electron chi connectivity index (χ0n) is 11.9. The first-order valence-corrected chi connectivity index (χ1v) is 7.68. The highest BCUT2D eigenvalue weighted by Crippen LogP contribution is 2.39. The van der Waals surface area contributed by atoms with Crippen LogP contribution in [-0.2, 0) is 11.3 Å². The molecule has 2 aliphatic rings. The van der Waals surface area contributed by atoms with Gasteiger partial charge in [-0.2, -0.15) is 0 Å². The number of likely N-dealkylation sites (tertiary alicyclic amines) is 1. The summed E-state index contributed by atoms with van der Waals surface area (Å²) in [4.78, 5) is 14.0. The van der Waals surface area contributed by atoms with Crippen molar-refractivity contribution in [3.63, 3.8) is 0 Å². The summed E-state index contributed by atoms with van der Waals surface area (Å²) in [6, 6.07) is 3.74. The van der Waals surface area contributed by atoms with Crippen molar-refractivity contribution in [1.82, 2.24) is 10.2 Å². The topological polar surface area (TPSA) is 50.8 Å².